The molecule has 0 saturated heterocycles. The second kappa shape index (κ2) is 4.33. The minimum Gasteiger partial charge on any atom is -0.480 e. The molecule has 0 atom stereocenters. The third-order valence-corrected chi connectivity index (χ3v) is 2.45. The highest BCUT2D eigenvalue weighted by Gasteiger charge is 2.07. The highest BCUT2D eigenvalue weighted by molar-refractivity contribution is 5.77. The molecule has 2 heterocycles. The molecule has 6 heteroatoms. The van der Waals surface area contributed by atoms with E-state index in [-0.39, 0.29) is 12.4 Å². The van der Waals surface area contributed by atoms with Crippen LogP contribution in [0.5, 0.6) is 5.75 Å². The number of H-pyrrole nitrogens is 1. The second-order valence-electron chi connectivity index (χ2n) is 3.69. The van der Waals surface area contributed by atoms with Gasteiger partial charge in [-0.05, 0) is 12.1 Å². The number of ether oxygens (including phenoxy) is 1. The zero-order valence-corrected chi connectivity index (χ0v) is 9.29. The summed E-state index contributed by atoms with van der Waals surface area (Å²) in [6.07, 6.45) is 1.53. The molecule has 0 aliphatic rings. The van der Waals surface area contributed by atoms with Crippen molar-refractivity contribution in [3.63, 3.8) is 0 Å². The first-order valence-corrected chi connectivity index (χ1v) is 5.33. The summed E-state index contributed by atoms with van der Waals surface area (Å²) in [5.41, 5.74) is 0.649. The van der Waals surface area contributed by atoms with Crippen LogP contribution in [0.2, 0.25) is 0 Å². The van der Waals surface area contributed by atoms with Gasteiger partial charge in [0, 0.05) is 5.39 Å². The lowest BCUT2D eigenvalue weighted by atomic mass is 10.2. The van der Waals surface area contributed by atoms with Crippen LogP contribution in [0.25, 0.3) is 11.0 Å². The van der Waals surface area contributed by atoms with Crippen molar-refractivity contribution >= 4 is 11.0 Å². The maximum atomic E-state index is 11.7. The van der Waals surface area contributed by atoms with Crippen LogP contribution in [0.3, 0.4) is 0 Å². The summed E-state index contributed by atoms with van der Waals surface area (Å²) in [5, 5.41) is 10.8. The van der Waals surface area contributed by atoms with Crippen LogP contribution in [-0.4, -0.2) is 15.4 Å². The summed E-state index contributed by atoms with van der Waals surface area (Å²) in [5.74, 6) is 0.164. The van der Waals surface area contributed by atoms with E-state index in [1.165, 1.54) is 6.20 Å². The van der Waals surface area contributed by atoms with E-state index in [2.05, 4.69) is 15.4 Å². The van der Waals surface area contributed by atoms with Gasteiger partial charge in [0.2, 0.25) is 5.75 Å². The zero-order valence-electron chi connectivity index (χ0n) is 9.29. The van der Waals surface area contributed by atoms with Crippen LogP contribution < -0.4 is 10.4 Å². The number of rotatable bonds is 3. The molecule has 3 aromatic rings. The Morgan fingerprint density at radius 3 is 3.06 bits per heavy atom. The predicted octanol–water partition coefficient (Wildman–Crippen LogP) is 1.49. The van der Waals surface area contributed by atoms with E-state index < -0.39 is 5.63 Å². The molecule has 6 nitrogen and oxygen atoms in total. The maximum Gasteiger partial charge on any atom is 0.379 e. The smallest absolute Gasteiger partial charge is 0.379 e. The van der Waals surface area contributed by atoms with Gasteiger partial charge in [0.05, 0.1) is 6.20 Å². The average Bonchev–Trinajstić information content (AvgIpc) is 2.89. The lowest BCUT2D eigenvalue weighted by molar-refractivity contribution is 0.286. The monoisotopic (exact) mass is 243 g/mol. The molecule has 1 aromatic carbocycles. The maximum absolute atomic E-state index is 11.7. The Bertz CT molecular complexity index is 719. The first-order chi connectivity index (χ1) is 8.83. The molecule has 3 rings (SSSR count). The lowest BCUT2D eigenvalue weighted by Gasteiger charge is -2.03. The number of nitrogens with zero attached hydrogens (tertiary/aromatic N) is 2. The van der Waals surface area contributed by atoms with E-state index in [0.29, 0.717) is 11.3 Å². The van der Waals surface area contributed by atoms with Crippen molar-refractivity contribution in [3.8, 4) is 5.75 Å². The largest absolute Gasteiger partial charge is 0.480 e. The second-order valence-corrected chi connectivity index (χ2v) is 3.69. The molecule has 0 unspecified atom stereocenters. The van der Waals surface area contributed by atoms with Crippen molar-refractivity contribution in [2.75, 3.05) is 0 Å². The normalized spacial score (nSPS) is 10.7. The first kappa shape index (κ1) is 10.5. The van der Waals surface area contributed by atoms with Gasteiger partial charge in [0.25, 0.3) is 0 Å². The number of para-hydroxylation sites is 1. The summed E-state index contributed by atoms with van der Waals surface area (Å²) in [4.78, 5) is 11.7. The van der Waals surface area contributed by atoms with Gasteiger partial charge in [0.1, 0.15) is 17.9 Å². The molecule has 0 bridgehead atoms. The van der Waals surface area contributed by atoms with Gasteiger partial charge < -0.3 is 9.15 Å². The van der Waals surface area contributed by atoms with E-state index in [9.17, 15) is 4.79 Å². The van der Waals surface area contributed by atoms with E-state index in [1.54, 1.807) is 18.2 Å². The van der Waals surface area contributed by atoms with Crippen LogP contribution in [0.15, 0.2) is 45.7 Å². The summed E-state index contributed by atoms with van der Waals surface area (Å²) in [7, 11) is 0. The fourth-order valence-corrected chi connectivity index (χ4v) is 1.59. The summed E-state index contributed by atoms with van der Waals surface area (Å²) >= 11 is 0. The molecule has 90 valence electrons. The van der Waals surface area contributed by atoms with Gasteiger partial charge in [-0.2, -0.15) is 15.4 Å². The molecule has 0 saturated carbocycles. The molecule has 0 amide bonds. The Morgan fingerprint density at radius 1 is 1.33 bits per heavy atom. The number of aromatic nitrogens is 3. The van der Waals surface area contributed by atoms with Crippen molar-refractivity contribution in [1.82, 2.24) is 15.4 Å². The summed E-state index contributed by atoms with van der Waals surface area (Å²) < 4.78 is 10.5. The minimum absolute atomic E-state index is 0.164. The summed E-state index contributed by atoms with van der Waals surface area (Å²) in [6.45, 7) is 0.166. The average molecular weight is 243 g/mol. The highest BCUT2D eigenvalue weighted by Crippen LogP contribution is 2.16. The number of nitrogens with one attached hydrogen (secondary N) is 1. The molecular weight excluding hydrogens is 234 g/mol. The lowest BCUT2D eigenvalue weighted by Crippen LogP contribution is -2.07. The zero-order chi connectivity index (χ0) is 12.4. The van der Waals surface area contributed by atoms with Crippen LogP contribution >= 0.6 is 0 Å². The van der Waals surface area contributed by atoms with Gasteiger partial charge in [-0.3, -0.25) is 0 Å². The van der Waals surface area contributed by atoms with Gasteiger partial charge in [-0.25, -0.2) is 4.79 Å². The predicted molar refractivity (Wildman–Crippen MR) is 63.2 cm³/mol. The number of benzene rings is 1. The van der Waals surface area contributed by atoms with E-state index >= 15 is 0 Å². The first-order valence-electron chi connectivity index (χ1n) is 5.33. The van der Waals surface area contributed by atoms with Crippen molar-refractivity contribution in [2.24, 2.45) is 0 Å². The molecule has 1 N–H and O–H groups in total. The SMILES string of the molecule is O=c1oc2ccccc2cc1OCc1cn[nH]n1. The van der Waals surface area contributed by atoms with E-state index in [0.717, 1.165) is 5.39 Å². The summed E-state index contributed by atoms with van der Waals surface area (Å²) in [6, 6.07) is 8.91. The number of aromatic amines is 1. The standard InChI is InChI=1S/C12H9N3O3/c16-12-11(17-7-9-6-13-15-14-9)5-8-3-1-2-4-10(8)18-12/h1-6H,7H2,(H,13,14,15). The Hall–Kier alpha value is -2.63. The molecular formula is C12H9N3O3. The fraction of sp³-hybridized carbons (Fsp3) is 0.0833. The van der Waals surface area contributed by atoms with Gasteiger partial charge in [0.15, 0.2) is 0 Å². The van der Waals surface area contributed by atoms with Crippen LogP contribution in [-0.2, 0) is 6.61 Å². The number of hydrogen-bond donors (Lipinski definition) is 1. The number of hydrogen-bond acceptors (Lipinski definition) is 5. The van der Waals surface area contributed by atoms with E-state index in [4.69, 9.17) is 9.15 Å². The van der Waals surface area contributed by atoms with Gasteiger partial charge >= 0.3 is 5.63 Å². The van der Waals surface area contributed by atoms with Gasteiger partial charge in [-0.1, -0.05) is 18.2 Å². The Balaban J connectivity index is 1.92. The topological polar surface area (TPSA) is 81.0 Å². The Morgan fingerprint density at radius 2 is 2.22 bits per heavy atom. The van der Waals surface area contributed by atoms with Crippen molar-refractivity contribution in [1.29, 1.82) is 0 Å². The van der Waals surface area contributed by atoms with Crippen LogP contribution in [0.4, 0.5) is 0 Å². The quantitative estimate of drug-likeness (QED) is 0.705. The molecule has 0 fully saturated rings. The van der Waals surface area contributed by atoms with Crippen molar-refractivity contribution in [3.05, 3.63) is 52.6 Å². The van der Waals surface area contributed by atoms with E-state index in [1.807, 2.05) is 12.1 Å². The molecule has 2 aromatic heterocycles. The number of fused-ring (bicyclic) bond motifs is 1. The van der Waals surface area contributed by atoms with Gasteiger partial charge in [-0.15, -0.1) is 0 Å². The molecule has 0 radical (unpaired) electrons. The molecule has 0 aliphatic heterocycles. The Labute approximate surface area is 101 Å². The van der Waals surface area contributed by atoms with Crippen LogP contribution in [0.1, 0.15) is 5.69 Å². The highest BCUT2D eigenvalue weighted by atomic mass is 16.5. The fourth-order valence-electron chi connectivity index (χ4n) is 1.59. The molecule has 18 heavy (non-hydrogen) atoms. The van der Waals surface area contributed by atoms with Crippen molar-refractivity contribution in [2.45, 2.75) is 6.61 Å². The Kier molecular flexibility index (Phi) is 2.53. The molecule has 0 spiro atoms. The minimum atomic E-state index is -0.503. The van der Waals surface area contributed by atoms with Crippen LogP contribution in [0, 0.1) is 0 Å². The third kappa shape index (κ3) is 1.95. The van der Waals surface area contributed by atoms with Crippen molar-refractivity contribution < 1.29 is 9.15 Å². The third-order valence-electron chi connectivity index (χ3n) is 2.45. The molecule has 0 aliphatic carbocycles.